The van der Waals surface area contributed by atoms with Crippen LogP contribution in [0.5, 0.6) is 0 Å². The van der Waals surface area contributed by atoms with Gasteiger partial charge in [0.05, 0.1) is 0 Å². The van der Waals surface area contributed by atoms with Gasteiger partial charge in [-0.3, -0.25) is 0 Å². The van der Waals surface area contributed by atoms with Crippen LogP contribution in [-0.4, -0.2) is 0 Å². The van der Waals surface area contributed by atoms with Crippen LogP contribution < -0.4 is 0 Å². The fourth-order valence-electron chi connectivity index (χ4n) is 3.84. The molecular weight excluding hydrogens is 300 g/mol. The Balaban J connectivity index is 2.99. The fraction of sp³-hybridized carbons (Fsp3) is 0.520. The van der Waals surface area contributed by atoms with Gasteiger partial charge in [-0.25, -0.2) is 0 Å². The monoisotopic (exact) mass is 336 g/mol. The molecular formula is C25H36. The summed E-state index contributed by atoms with van der Waals surface area (Å²) in [5.41, 5.74) is 13.1. The minimum atomic E-state index is 0.519. The number of benzene rings is 2. The summed E-state index contributed by atoms with van der Waals surface area (Å²) in [6.07, 6.45) is 0. The van der Waals surface area contributed by atoms with Crippen molar-refractivity contribution in [3.63, 3.8) is 0 Å². The van der Waals surface area contributed by atoms with E-state index >= 15 is 0 Å². The SMILES string of the molecule is Cc1cc(C)c(C)c(-c2c(C(C)C)cc(C(C)C)cc2C(C)C)c1C. The van der Waals surface area contributed by atoms with Crippen LogP contribution in [0.25, 0.3) is 11.1 Å². The molecule has 0 N–H and O–H groups in total. The molecule has 0 heteroatoms. The van der Waals surface area contributed by atoms with Gasteiger partial charge in [0, 0.05) is 0 Å². The average molecular weight is 337 g/mol. The maximum atomic E-state index is 2.47. The summed E-state index contributed by atoms with van der Waals surface area (Å²) < 4.78 is 0. The van der Waals surface area contributed by atoms with E-state index in [0.717, 1.165) is 0 Å². The van der Waals surface area contributed by atoms with Gasteiger partial charge in [0.2, 0.25) is 0 Å². The van der Waals surface area contributed by atoms with Crippen molar-refractivity contribution in [2.45, 2.75) is 87.0 Å². The van der Waals surface area contributed by atoms with E-state index in [-0.39, 0.29) is 0 Å². The average Bonchev–Trinajstić information content (AvgIpc) is 2.52. The second-order valence-electron chi connectivity index (χ2n) is 8.67. The molecule has 0 atom stereocenters. The Morgan fingerprint density at radius 1 is 0.520 bits per heavy atom. The third kappa shape index (κ3) is 3.68. The lowest BCUT2D eigenvalue weighted by Gasteiger charge is -2.26. The van der Waals surface area contributed by atoms with Crippen LogP contribution in [0.2, 0.25) is 0 Å². The predicted octanol–water partition coefficient (Wildman–Crippen LogP) is 7.96. The lowest BCUT2D eigenvalue weighted by molar-refractivity contribution is 0.807. The molecule has 2 aromatic carbocycles. The number of rotatable bonds is 4. The summed E-state index contributed by atoms with van der Waals surface area (Å²) in [4.78, 5) is 0. The quantitative estimate of drug-likeness (QED) is 0.531. The van der Waals surface area contributed by atoms with Crippen LogP contribution in [0.4, 0.5) is 0 Å². The van der Waals surface area contributed by atoms with Gasteiger partial charge in [0.25, 0.3) is 0 Å². The van der Waals surface area contributed by atoms with E-state index in [1.807, 2.05) is 0 Å². The molecule has 0 aliphatic heterocycles. The highest BCUT2D eigenvalue weighted by Crippen LogP contribution is 2.42. The summed E-state index contributed by atoms with van der Waals surface area (Å²) in [6.45, 7) is 23.0. The van der Waals surface area contributed by atoms with E-state index in [4.69, 9.17) is 0 Å². The maximum Gasteiger partial charge on any atom is -0.0109 e. The zero-order chi connectivity index (χ0) is 19.0. The van der Waals surface area contributed by atoms with Crippen LogP contribution in [0.1, 0.15) is 98.2 Å². The zero-order valence-corrected chi connectivity index (χ0v) is 18.0. The van der Waals surface area contributed by atoms with Crippen molar-refractivity contribution in [1.82, 2.24) is 0 Å². The topological polar surface area (TPSA) is 0 Å². The van der Waals surface area contributed by atoms with Gasteiger partial charge < -0.3 is 0 Å². The molecule has 0 aliphatic rings. The van der Waals surface area contributed by atoms with Crippen LogP contribution >= 0.6 is 0 Å². The first kappa shape index (κ1) is 19.8. The van der Waals surface area contributed by atoms with E-state index in [2.05, 4.69) is 87.4 Å². The van der Waals surface area contributed by atoms with Crippen molar-refractivity contribution in [1.29, 1.82) is 0 Å². The van der Waals surface area contributed by atoms with Gasteiger partial charge >= 0.3 is 0 Å². The lowest BCUT2D eigenvalue weighted by atomic mass is 9.78. The van der Waals surface area contributed by atoms with Crippen molar-refractivity contribution in [3.8, 4) is 11.1 Å². The summed E-state index contributed by atoms with van der Waals surface area (Å²) in [7, 11) is 0. The van der Waals surface area contributed by atoms with Crippen LogP contribution in [0.3, 0.4) is 0 Å². The first-order chi connectivity index (χ1) is 11.6. The summed E-state index contributed by atoms with van der Waals surface area (Å²) in [6, 6.07) is 7.26. The van der Waals surface area contributed by atoms with E-state index in [0.29, 0.717) is 17.8 Å². The molecule has 0 heterocycles. The molecule has 0 unspecified atom stereocenters. The normalized spacial score (nSPS) is 11.9. The molecule has 0 aromatic heterocycles. The summed E-state index contributed by atoms with van der Waals surface area (Å²) >= 11 is 0. The smallest absolute Gasteiger partial charge is 0.0109 e. The molecule has 0 nitrogen and oxygen atoms in total. The van der Waals surface area contributed by atoms with Crippen LogP contribution in [0.15, 0.2) is 18.2 Å². The van der Waals surface area contributed by atoms with Crippen molar-refractivity contribution >= 4 is 0 Å². The highest BCUT2D eigenvalue weighted by atomic mass is 14.3. The van der Waals surface area contributed by atoms with Gasteiger partial charge in [0.15, 0.2) is 0 Å². The van der Waals surface area contributed by atoms with Gasteiger partial charge in [-0.2, -0.15) is 0 Å². The summed E-state index contributed by atoms with van der Waals surface area (Å²) in [5.74, 6) is 1.60. The van der Waals surface area contributed by atoms with Crippen molar-refractivity contribution in [2.75, 3.05) is 0 Å². The first-order valence-electron chi connectivity index (χ1n) is 9.81. The fourth-order valence-corrected chi connectivity index (χ4v) is 3.84. The van der Waals surface area contributed by atoms with E-state index in [1.165, 1.54) is 50.1 Å². The van der Waals surface area contributed by atoms with Gasteiger partial charge in [-0.1, -0.05) is 59.7 Å². The second kappa shape index (κ2) is 7.36. The van der Waals surface area contributed by atoms with Gasteiger partial charge in [-0.15, -0.1) is 0 Å². The molecule has 0 aliphatic carbocycles. The minimum absolute atomic E-state index is 0.519. The Kier molecular flexibility index (Phi) is 5.82. The molecule has 0 bridgehead atoms. The third-order valence-electron chi connectivity index (χ3n) is 5.75. The molecule has 0 saturated carbocycles. The first-order valence-corrected chi connectivity index (χ1v) is 9.81. The number of aryl methyl sites for hydroxylation is 2. The molecule has 0 radical (unpaired) electrons. The van der Waals surface area contributed by atoms with Gasteiger partial charge in [-0.05, 0) is 95.5 Å². The van der Waals surface area contributed by atoms with Crippen molar-refractivity contribution < 1.29 is 0 Å². The zero-order valence-electron chi connectivity index (χ0n) is 18.0. The van der Waals surface area contributed by atoms with Crippen LogP contribution in [-0.2, 0) is 0 Å². The Hall–Kier alpha value is -1.56. The molecule has 2 aromatic rings. The predicted molar refractivity (Wildman–Crippen MR) is 113 cm³/mol. The minimum Gasteiger partial charge on any atom is -0.0587 e. The standard InChI is InChI=1S/C25H36/c1-14(2)21-12-22(15(3)4)25(23(13-21)16(5)6)24-19(9)17(7)11-18(8)20(24)10/h11-16H,1-10H3. The van der Waals surface area contributed by atoms with E-state index < -0.39 is 0 Å². The van der Waals surface area contributed by atoms with Crippen LogP contribution in [0, 0.1) is 27.7 Å². The lowest BCUT2D eigenvalue weighted by Crippen LogP contribution is -2.06. The summed E-state index contributed by atoms with van der Waals surface area (Å²) in [5, 5.41) is 0. The van der Waals surface area contributed by atoms with E-state index in [1.54, 1.807) is 0 Å². The molecule has 0 fully saturated rings. The second-order valence-corrected chi connectivity index (χ2v) is 8.67. The van der Waals surface area contributed by atoms with E-state index in [9.17, 15) is 0 Å². The molecule has 136 valence electrons. The van der Waals surface area contributed by atoms with Gasteiger partial charge in [0.1, 0.15) is 0 Å². The van der Waals surface area contributed by atoms with Crippen molar-refractivity contribution in [2.24, 2.45) is 0 Å². The number of hydrogen-bond donors (Lipinski definition) is 0. The molecule has 0 spiro atoms. The Labute approximate surface area is 155 Å². The third-order valence-corrected chi connectivity index (χ3v) is 5.75. The Bertz CT molecular complexity index is 718. The number of hydrogen-bond acceptors (Lipinski definition) is 0. The molecule has 2 rings (SSSR count). The highest BCUT2D eigenvalue weighted by Gasteiger charge is 2.22. The molecule has 0 saturated heterocycles. The maximum absolute atomic E-state index is 2.47. The molecule has 25 heavy (non-hydrogen) atoms. The Morgan fingerprint density at radius 3 is 1.24 bits per heavy atom. The Morgan fingerprint density at radius 2 is 0.920 bits per heavy atom. The highest BCUT2D eigenvalue weighted by molar-refractivity contribution is 5.80. The van der Waals surface area contributed by atoms with Crippen molar-refractivity contribution in [3.05, 3.63) is 57.1 Å². The molecule has 0 amide bonds. The largest absolute Gasteiger partial charge is 0.0587 e.